The molecule has 0 aliphatic heterocycles. The Hall–Kier alpha value is -1.85. The summed E-state index contributed by atoms with van der Waals surface area (Å²) in [5.74, 6) is -0.108. The van der Waals surface area contributed by atoms with Crippen LogP contribution >= 0.6 is 0 Å². The minimum atomic E-state index is -4.40. The molecule has 0 fully saturated rings. The maximum atomic E-state index is 12.4. The molecule has 1 aromatic rings. The molecule has 0 saturated carbocycles. The monoisotopic (exact) mass is 286 g/mol. The van der Waals surface area contributed by atoms with E-state index >= 15 is 0 Å². The third-order valence-corrected chi connectivity index (χ3v) is 2.53. The average molecular weight is 286 g/mol. The molecule has 110 valence electrons. The van der Waals surface area contributed by atoms with E-state index in [1.54, 1.807) is 6.92 Å². The molecule has 0 atom stereocenters. The van der Waals surface area contributed by atoms with E-state index in [1.807, 2.05) is 13.8 Å². The summed E-state index contributed by atoms with van der Waals surface area (Å²) >= 11 is 0. The molecule has 20 heavy (non-hydrogen) atoms. The van der Waals surface area contributed by atoms with Crippen LogP contribution in [0.5, 0.6) is 0 Å². The second kappa shape index (κ2) is 6.54. The molecule has 0 heterocycles. The first-order valence-electron chi connectivity index (χ1n) is 6.21. The number of halogens is 3. The van der Waals surface area contributed by atoms with E-state index in [0.717, 1.165) is 36.4 Å². The summed E-state index contributed by atoms with van der Waals surface area (Å²) in [5, 5.41) is 3.91. The molecule has 1 rings (SSSR count). The SMILES string of the molecule is C/C(CC(C)C)=N\NC(=O)c1ccc(C(F)(F)F)cc1. The van der Waals surface area contributed by atoms with Crippen LogP contribution in [0.4, 0.5) is 13.2 Å². The van der Waals surface area contributed by atoms with Crippen molar-refractivity contribution < 1.29 is 18.0 Å². The fourth-order valence-corrected chi connectivity index (χ4v) is 1.66. The van der Waals surface area contributed by atoms with Crippen LogP contribution in [-0.4, -0.2) is 11.6 Å². The van der Waals surface area contributed by atoms with Gasteiger partial charge in [0.25, 0.3) is 5.91 Å². The van der Waals surface area contributed by atoms with Crippen molar-refractivity contribution in [2.24, 2.45) is 11.0 Å². The van der Waals surface area contributed by atoms with E-state index in [-0.39, 0.29) is 5.56 Å². The number of nitrogens with zero attached hydrogens (tertiary/aromatic N) is 1. The summed E-state index contributed by atoms with van der Waals surface area (Å²) in [6.45, 7) is 5.83. The zero-order valence-corrected chi connectivity index (χ0v) is 11.6. The van der Waals surface area contributed by atoms with E-state index < -0.39 is 17.6 Å². The Morgan fingerprint density at radius 3 is 2.25 bits per heavy atom. The number of amides is 1. The van der Waals surface area contributed by atoms with Gasteiger partial charge in [-0.25, -0.2) is 5.43 Å². The standard InChI is InChI=1S/C14H17F3N2O/c1-9(2)8-10(3)18-19-13(20)11-4-6-12(7-5-11)14(15,16)17/h4-7,9H,8H2,1-3H3,(H,19,20)/b18-10+. The van der Waals surface area contributed by atoms with Crippen LogP contribution in [0, 0.1) is 5.92 Å². The summed E-state index contributed by atoms with van der Waals surface area (Å²) in [6, 6.07) is 4.01. The van der Waals surface area contributed by atoms with Gasteiger partial charge in [0.1, 0.15) is 0 Å². The highest BCUT2D eigenvalue weighted by Crippen LogP contribution is 2.29. The maximum Gasteiger partial charge on any atom is 0.416 e. The van der Waals surface area contributed by atoms with Crippen molar-refractivity contribution in [2.75, 3.05) is 0 Å². The van der Waals surface area contributed by atoms with Gasteiger partial charge in [-0.1, -0.05) is 13.8 Å². The second-order valence-corrected chi connectivity index (χ2v) is 4.96. The van der Waals surface area contributed by atoms with Crippen LogP contribution in [-0.2, 0) is 6.18 Å². The minimum absolute atomic E-state index is 0.138. The first-order valence-corrected chi connectivity index (χ1v) is 6.21. The number of benzene rings is 1. The lowest BCUT2D eigenvalue weighted by molar-refractivity contribution is -0.137. The van der Waals surface area contributed by atoms with Crippen molar-refractivity contribution in [3.05, 3.63) is 35.4 Å². The highest BCUT2D eigenvalue weighted by atomic mass is 19.4. The largest absolute Gasteiger partial charge is 0.416 e. The van der Waals surface area contributed by atoms with E-state index in [2.05, 4.69) is 10.5 Å². The summed E-state index contributed by atoms with van der Waals surface area (Å²) in [4.78, 5) is 11.7. The summed E-state index contributed by atoms with van der Waals surface area (Å²) in [7, 11) is 0. The third-order valence-electron chi connectivity index (χ3n) is 2.53. The zero-order chi connectivity index (χ0) is 15.3. The van der Waals surface area contributed by atoms with Gasteiger partial charge >= 0.3 is 6.18 Å². The van der Waals surface area contributed by atoms with Gasteiger partial charge in [0.2, 0.25) is 0 Å². The molecule has 3 nitrogen and oxygen atoms in total. The molecular formula is C14H17F3N2O. The predicted molar refractivity (Wildman–Crippen MR) is 71.5 cm³/mol. The number of carbonyl (C=O) groups excluding carboxylic acids is 1. The van der Waals surface area contributed by atoms with Crippen molar-refractivity contribution in [3.63, 3.8) is 0 Å². The molecule has 0 spiro atoms. The molecular weight excluding hydrogens is 269 g/mol. The van der Waals surface area contributed by atoms with Gasteiger partial charge in [0.15, 0.2) is 0 Å². The molecule has 1 aromatic carbocycles. The second-order valence-electron chi connectivity index (χ2n) is 4.96. The van der Waals surface area contributed by atoms with E-state index in [4.69, 9.17) is 0 Å². The molecule has 0 aromatic heterocycles. The fraction of sp³-hybridized carbons (Fsp3) is 0.429. The number of alkyl halides is 3. The number of rotatable bonds is 4. The van der Waals surface area contributed by atoms with Crippen LogP contribution in [0.1, 0.15) is 43.1 Å². The number of carbonyl (C=O) groups is 1. The van der Waals surface area contributed by atoms with E-state index in [1.165, 1.54) is 0 Å². The molecule has 0 aliphatic rings. The Balaban J connectivity index is 2.69. The topological polar surface area (TPSA) is 41.5 Å². The maximum absolute atomic E-state index is 12.4. The molecule has 0 unspecified atom stereocenters. The van der Waals surface area contributed by atoms with Crippen LogP contribution in [0.15, 0.2) is 29.4 Å². The lowest BCUT2D eigenvalue weighted by Crippen LogP contribution is -2.19. The van der Waals surface area contributed by atoms with Crippen LogP contribution < -0.4 is 5.43 Å². The van der Waals surface area contributed by atoms with Crippen molar-refractivity contribution in [1.82, 2.24) is 5.43 Å². The average Bonchev–Trinajstić information content (AvgIpc) is 2.34. The van der Waals surface area contributed by atoms with Gasteiger partial charge in [-0.05, 0) is 43.5 Å². The van der Waals surface area contributed by atoms with E-state index in [0.29, 0.717) is 5.92 Å². The third kappa shape index (κ3) is 5.03. The van der Waals surface area contributed by atoms with E-state index in [9.17, 15) is 18.0 Å². The summed E-state index contributed by atoms with van der Waals surface area (Å²) < 4.78 is 37.1. The highest BCUT2D eigenvalue weighted by Gasteiger charge is 2.30. The van der Waals surface area contributed by atoms with Gasteiger partial charge in [-0.3, -0.25) is 4.79 Å². The lowest BCUT2D eigenvalue weighted by Gasteiger charge is -2.07. The molecule has 1 N–H and O–H groups in total. The molecule has 0 bridgehead atoms. The summed E-state index contributed by atoms with van der Waals surface area (Å²) in [5.41, 5.74) is 2.45. The lowest BCUT2D eigenvalue weighted by atomic mass is 10.1. The Bertz CT molecular complexity index is 490. The molecule has 0 aliphatic carbocycles. The van der Waals surface area contributed by atoms with Crippen LogP contribution in [0.25, 0.3) is 0 Å². The van der Waals surface area contributed by atoms with Crippen molar-refractivity contribution in [2.45, 2.75) is 33.4 Å². The summed E-state index contributed by atoms with van der Waals surface area (Å²) in [6.07, 6.45) is -3.66. The quantitative estimate of drug-likeness (QED) is 0.662. The Labute approximate surface area is 115 Å². The Kier molecular flexibility index (Phi) is 5.30. The normalized spacial score (nSPS) is 12.7. The van der Waals surface area contributed by atoms with Gasteiger partial charge in [0, 0.05) is 11.3 Å². The molecule has 0 saturated heterocycles. The van der Waals surface area contributed by atoms with Gasteiger partial charge in [-0.15, -0.1) is 0 Å². The number of hydrogen-bond donors (Lipinski definition) is 1. The van der Waals surface area contributed by atoms with Crippen molar-refractivity contribution >= 4 is 11.6 Å². The number of hydrazone groups is 1. The minimum Gasteiger partial charge on any atom is -0.267 e. The Morgan fingerprint density at radius 1 is 1.25 bits per heavy atom. The predicted octanol–water partition coefficient (Wildman–Crippen LogP) is 3.86. The molecule has 1 amide bonds. The molecule has 0 radical (unpaired) electrons. The van der Waals surface area contributed by atoms with Crippen LogP contribution in [0.2, 0.25) is 0 Å². The van der Waals surface area contributed by atoms with Gasteiger partial charge in [-0.2, -0.15) is 18.3 Å². The Morgan fingerprint density at radius 2 is 1.80 bits per heavy atom. The smallest absolute Gasteiger partial charge is 0.267 e. The van der Waals surface area contributed by atoms with Gasteiger partial charge < -0.3 is 0 Å². The number of hydrogen-bond acceptors (Lipinski definition) is 2. The fourth-order valence-electron chi connectivity index (χ4n) is 1.66. The van der Waals surface area contributed by atoms with Gasteiger partial charge in [0.05, 0.1) is 5.56 Å². The highest BCUT2D eigenvalue weighted by molar-refractivity contribution is 5.95. The number of nitrogens with one attached hydrogen (secondary N) is 1. The zero-order valence-electron chi connectivity index (χ0n) is 11.6. The van der Waals surface area contributed by atoms with Crippen molar-refractivity contribution in [1.29, 1.82) is 0 Å². The van der Waals surface area contributed by atoms with Crippen molar-refractivity contribution in [3.8, 4) is 0 Å². The first kappa shape index (κ1) is 16.2. The molecule has 6 heteroatoms. The first-order chi connectivity index (χ1) is 9.20. The van der Waals surface area contributed by atoms with Crippen LogP contribution in [0.3, 0.4) is 0 Å².